The normalized spacial score (nSPS) is 10.2. The van der Waals surface area contributed by atoms with Crippen molar-refractivity contribution in [1.29, 1.82) is 0 Å². The van der Waals surface area contributed by atoms with Crippen LogP contribution in [-0.2, 0) is 9.59 Å². The standard InChI is InChI=1S/C22H27N3O5/c1-4-11-25(13-21(27)24-17-8-6-5-7-15(17)2)22(28)16-9-10-18(19(12-16)29-3)30-14-20(23)26/h5-10,12H,4,11,13-14H2,1-3H3,(H2,23,26)(H,24,27). The first-order valence-corrected chi connectivity index (χ1v) is 9.59. The van der Waals surface area contributed by atoms with E-state index in [1.165, 1.54) is 24.1 Å². The van der Waals surface area contributed by atoms with E-state index in [2.05, 4.69) is 5.32 Å². The number of nitrogens with one attached hydrogen (secondary N) is 1. The number of carbonyl (C=O) groups excluding carboxylic acids is 3. The molecule has 3 N–H and O–H groups in total. The molecule has 0 aliphatic carbocycles. The van der Waals surface area contributed by atoms with Gasteiger partial charge in [0, 0.05) is 17.8 Å². The molecular weight excluding hydrogens is 386 g/mol. The van der Waals surface area contributed by atoms with Gasteiger partial charge in [0.15, 0.2) is 18.1 Å². The van der Waals surface area contributed by atoms with Crippen LogP contribution in [0.15, 0.2) is 42.5 Å². The molecule has 2 aromatic rings. The van der Waals surface area contributed by atoms with Gasteiger partial charge in [0.2, 0.25) is 5.91 Å². The van der Waals surface area contributed by atoms with Gasteiger partial charge < -0.3 is 25.4 Å². The minimum absolute atomic E-state index is 0.0801. The van der Waals surface area contributed by atoms with Crippen LogP contribution in [0.2, 0.25) is 0 Å². The number of primary amides is 1. The van der Waals surface area contributed by atoms with Gasteiger partial charge in [-0.3, -0.25) is 14.4 Å². The van der Waals surface area contributed by atoms with Crippen LogP contribution in [0.5, 0.6) is 11.5 Å². The van der Waals surface area contributed by atoms with Gasteiger partial charge >= 0.3 is 0 Å². The summed E-state index contributed by atoms with van der Waals surface area (Å²) >= 11 is 0. The second-order valence-electron chi connectivity index (χ2n) is 6.71. The van der Waals surface area contributed by atoms with Crippen molar-refractivity contribution in [2.45, 2.75) is 20.3 Å². The van der Waals surface area contributed by atoms with E-state index in [0.717, 1.165) is 5.56 Å². The number of hydrogen-bond acceptors (Lipinski definition) is 5. The molecule has 0 radical (unpaired) electrons. The number of benzene rings is 2. The minimum Gasteiger partial charge on any atom is -0.493 e. The third-order valence-corrected chi connectivity index (χ3v) is 4.31. The van der Waals surface area contributed by atoms with Gasteiger partial charge in [-0.1, -0.05) is 25.1 Å². The predicted octanol–water partition coefficient (Wildman–Crippen LogP) is 2.36. The first-order valence-electron chi connectivity index (χ1n) is 9.59. The number of ether oxygens (including phenoxy) is 2. The van der Waals surface area contributed by atoms with E-state index < -0.39 is 5.91 Å². The summed E-state index contributed by atoms with van der Waals surface area (Å²) < 4.78 is 10.5. The van der Waals surface area contributed by atoms with Gasteiger partial charge in [-0.2, -0.15) is 0 Å². The molecule has 0 atom stereocenters. The molecule has 0 aliphatic heterocycles. The number of hydrogen-bond donors (Lipinski definition) is 2. The van der Waals surface area contributed by atoms with E-state index in [9.17, 15) is 14.4 Å². The Labute approximate surface area is 175 Å². The first-order chi connectivity index (χ1) is 14.3. The number of para-hydroxylation sites is 1. The molecule has 0 fully saturated rings. The van der Waals surface area contributed by atoms with Crippen LogP contribution in [0, 0.1) is 6.92 Å². The summed E-state index contributed by atoms with van der Waals surface area (Å²) in [5, 5.41) is 2.84. The predicted molar refractivity (Wildman–Crippen MR) is 114 cm³/mol. The molecule has 0 saturated carbocycles. The zero-order valence-electron chi connectivity index (χ0n) is 17.4. The number of rotatable bonds is 10. The number of anilines is 1. The van der Waals surface area contributed by atoms with Crippen LogP contribution >= 0.6 is 0 Å². The smallest absolute Gasteiger partial charge is 0.255 e. The number of aryl methyl sites for hydroxylation is 1. The van der Waals surface area contributed by atoms with Gasteiger partial charge in [0.1, 0.15) is 6.54 Å². The van der Waals surface area contributed by atoms with Crippen molar-refractivity contribution in [1.82, 2.24) is 4.90 Å². The molecule has 0 unspecified atom stereocenters. The molecule has 8 heteroatoms. The fourth-order valence-corrected chi connectivity index (χ4v) is 2.85. The van der Waals surface area contributed by atoms with Gasteiger partial charge in [0.05, 0.1) is 7.11 Å². The Morgan fingerprint density at radius 3 is 2.47 bits per heavy atom. The lowest BCUT2D eigenvalue weighted by Gasteiger charge is -2.22. The van der Waals surface area contributed by atoms with Gasteiger partial charge in [-0.25, -0.2) is 0 Å². The van der Waals surface area contributed by atoms with Crippen molar-refractivity contribution >= 4 is 23.4 Å². The summed E-state index contributed by atoms with van der Waals surface area (Å²) in [6, 6.07) is 12.1. The maximum absolute atomic E-state index is 13.0. The molecular formula is C22H27N3O5. The second kappa shape index (κ2) is 10.8. The number of carbonyl (C=O) groups is 3. The third-order valence-electron chi connectivity index (χ3n) is 4.31. The van der Waals surface area contributed by atoms with Crippen LogP contribution in [0.4, 0.5) is 5.69 Å². The monoisotopic (exact) mass is 413 g/mol. The van der Waals surface area contributed by atoms with Crippen LogP contribution in [0.3, 0.4) is 0 Å². The van der Waals surface area contributed by atoms with Crippen molar-refractivity contribution in [2.24, 2.45) is 5.73 Å². The van der Waals surface area contributed by atoms with Crippen molar-refractivity contribution in [3.63, 3.8) is 0 Å². The van der Waals surface area contributed by atoms with Crippen molar-refractivity contribution in [3.8, 4) is 11.5 Å². The molecule has 0 heterocycles. The minimum atomic E-state index is -0.619. The number of nitrogens with zero attached hydrogens (tertiary/aromatic N) is 1. The van der Waals surface area contributed by atoms with E-state index in [0.29, 0.717) is 35.7 Å². The molecule has 0 saturated heterocycles. The van der Waals surface area contributed by atoms with E-state index in [4.69, 9.17) is 15.2 Å². The molecule has 2 rings (SSSR count). The molecule has 3 amide bonds. The highest BCUT2D eigenvalue weighted by Crippen LogP contribution is 2.28. The SMILES string of the molecule is CCCN(CC(=O)Nc1ccccc1C)C(=O)c1ccc(OCC(N)=O)c(OC)c1. The van der Waals surface area contributed by atoms with E-state index in [1.54, 1.807) is 6.07 Å². The average molecular weight is 413 g/mol. The van der Waals surface area contributed by atoms with Crippen LogP contribution in [0.1, 0.15) is 29.3 Å². The van der Waals surface area contributed by atoms with E-state index in [1.807, 2.05) is 38.1 Å². The van der Waals surface area contributed by atoms with Crippen molar-refractivity contribution in [3.05, 3.63) is 53.6 Å². The number of methoxy groups -OCH3 is 1. The summed E-state index contributed by atoms with van der Waals surface area (Å²) in [6.45, 7) is 3.87. The van der Waals surface area contributed by atoms with Gasteiger partial charge in [-0.05, 0) is 43.2 Å². The van der Waals surface area contributed by atoms with Crippen molar-refractivity contribution < 1.29 is 23.9 Å². The molecule has 0 spiro atoms. The van der Waals surface area contributed by atoms with Gasteiger partial charge in [0.25, 0.3) is 11.8 Å². The topological polar surface area (TPSA) is 111 Å². The second-order valence-corrected chi connectivity index (χ2v) is 6.71. The van der Waals surface area contributed by atoms with E-state index in [-0.39, 0.29) is 25.0 Å². The Balaban J connectivity index is 2.14. The zero-order chi connectivity index (χ0) is 22.1. The Morgan fingerprint density at radius 1 is 1.10 bits per heavy atom. The summed E-state index contributed by atoms with van der Waals surface area (Å²) in [5.41, 5.74) is 7.09. The highest BCUT2D eigenvalue weighted by atomic mass is 16.5. The molecule has 0 bridgehead atoms. The molecule has 160 valence electrons. The Hall–Kier alpha value is -3.55. The van der Waals surface area contributed by atoms with Crippen LogP contribution in [-0.4, -0.2) is 49.4 Å². The summed E-state index contributed by atoms with van der Waals surface area (Å²) in [4.78, 5) is 37.9. The highest BCUT2D eigenvalue weighted by Gasteiger charge is 2.20. The number of nitrogens with two attached hydrogens (primary N) is 1. The maximum atomic E-state index is 13.0. The van der Waals surface area contributed by atoms with E-state index >= 15 is 0 Å². The lowest BCUT2D eigenvalue weighted by Crippen LogP contribution is -2.38. The summed E-state index contributed by atoms with van der Waals surface area (Å²) in [6.07, 6.45) is 0.695. The molecule has 0 aliphatic rings. The molecule has 2 aromatic carbocycles. The number of amides is 3. The fraction of sp³-hybridized carbons (Fsp3) is 0.318. The summed E-state index contributed by atoms with van der Waals surface area (Å²) in [5.74, 6) is -0.614. The third kappa shape index (κ3) is 6.23. The summed E-state index contributed by atoms with van der Waals surface area (Å²) in [7, 11) is 1.43. The Kier molecular flexibility index (Phi) is 8.22. The lowest BCUT2D eigenvalue weighted by atomic mass is 10.1. The maximum Gasteiger partial charge on any atom is 0.255 e. The van der Waals surface area contributed by atoms with Gasteiger partial charge in [-0.15, -0.1) is 0 Å². The Bertz CT molecular complexity index is 913. The molecule has 0 aromatic heterocycles. The van der Waals surface area contributed by atoms with Crippen molar-refractivity contribution in [2.75, 3.05) is 32.1 Å². The van der Waals surface area contributed by atoms with Crippen LogP contribution < -0.4 is 20.5 Å². The zero-order valence-corrected chi connectivity index (χ0v) is 17.4. The largest absolute Gasteiger partial charge is 0.493 e. The highest BCUT2D eigenvalue weighted by molar-refractivity contribution is 6.00. The lowest BCUT2D eigenvalue weighted by molar-refractivity contribution is -0.120. The molecule has 8 nitrogen and oxygen atoms in total. The average Bonchev–Trinajstić information content (AvgIpc) is 2.72. The fourth-order valence-electron chi connectivity index (χ4n) is 2.85. The molecule has 30 heavy (non-hydrogen) atoms. The Morgan fingerprint density at radius 2 is 1.83 bits per heavy atom. The van der Waals surface area contributed by atoms with Crippen LogP contribution in [0.25, 0.3) is 0 Å². The quantitative estimate of drug-likeness (QED) is 0.621. The first kappa shape index (κ1) is 22.7.